The Labute approximate surface area is 211 Å². The summed E-state index contributed by atoms with van der Waals surface area (Å²) in [5.41, 5.74) is 10.9. The van der Waals surface area contributed by atoms with Crippen molar-refractivity contribution in [3.8, 4) is 5.69 Å². The highest BCUT2D eigenvalue weighted by atomic mass is 16.3. The number of aliphatic hydroxyl groups is 1. The van der Waals surface area contributed by atoms with E-state index in [9.17, 15) is 14.7 Å². The molecule has 1 fully saturated rings. The average molecular weight is 487 g/mol. The van der Waals surface area contributed by atoms with Crippen molar-refractivity contribution >= 4 is 17.4 Å². The summed E-state index contributed by atoms with van der Waals surface area (Å²) in [6.45, 7) is 4.23. The maximum Gasteiger partial charge on any atom is 0.250 e. The fourth-order valence-electron chi connectivity index (χ4n) is 5.59. The zero-order valence-electron chi connectivity index (χ0n) is 21.0. The number of hydrogen-bond donors (Lipinski definition) is 3. The largest absolute Gasteiger partial charge is 0.393 e. The number of anilines is 1. The molecule has 1 heterocycles. The Balaban J connectivity index is 1.57. The number of aromatic nitrogens is 2. The van der Waals surface area contributed by atoms with E-state index in [0.717, 1.165) is 60.3 Å². The molecule has 0 spiro atoms. The molecule has 0 aliphatic heterocycles. The molecule has 0 radical (unpaired) electrons. The van der Waals surface area contributed by atoms with Crippen LogP contribution in [0.2, 0.25) is 0 Å². The van der Waals surface area contributed by atoms with Gasteiger partial charge in [-0.2, -0.15) is 5.10 Å². The highest BCUT2D eigenvalue weighted by molar-refractivity contribution is 6.00. The van der Waals surface area contributed by atoms with Crippen LogP contribution in [0.25, 0.3) is 5.69 Å². The molecule has 5 rings (SSSR count). The first-order chi connectivity index (χ1) is 17.2. The zero-order valence-corrected chi connectivity index (χ0v) is 21.0. The molecule has 1 saturated carbocycles. The highest BCUT2D eigenvalue weighted by Crippen LogP contribution is 2.38. The molecule has 4 N–H and O–H groups in total. The molecule has 1 aromatic heterocycles. The molecule has 0 unspecified atom stereocenters. The van der Waals surface area contributed by atoms with E-state index in [1.807, 2.05) is 47.1 Å². The van der Waals surface area contributed by atoms with Gasteiger partial charge in [-0.15, -0.1) is 0 Å². The number of aliphatic hydroxyl groups excluding tert-OH is 1. The number of nitrogens with zero attached hydrogens (tertiary/aromatic N) is 2. The summed E-state index contributed by atoms with van der Waals surface area (Å²) in [5, 5.41) is 18.3. The maximum atomic E-state index is 13.3. The predicted octanol–water partition coefficient (Wildman–Crippen LogP) is 4.43. The van der Waals surface area contributed by atoms with Gasteiger partial charge in [0.25, 0.3) is 5.91 Å². The molecule has 36 heavy (non-hydrogen) atoms. The van der Waals surface area contributed by atoms with Gasteiger partial charge in [0.05, 0.1) is 34.3 Å². The first-order valence-electron chi connectivity index (χ1n) is 12.8. The van der Waals surface area contributed by atoms with E-state index in [-0.39, 0.29) is 23.3 Å². The second-order valence-corrected chi connectivity index (χ2v) is 11.0. The number of rotatable bonds is 6. The van der Waals surface area contributed by atoms with Gasteiger partial charge in [0.1, 0.15) is 0 Å². The maximum absolute atomic E-state index is 13.3. The molecule has 7 heteroatoms. The number of carbonyl (C=O) groups is 2. The minimum Gasteiger partial charge on any atom is -0.393 e. The summed E-state index contributed by atoms with van der Waals surface area (Å²) in [5.74, 6) is -0.366. The van der Waals surface area contributed by atoms with E-state index in [2.05, 4.69) is 19.2 Å². The van der Waals surface area contributed by atoms with Gasteiger partial charge in [-0.25, -0.2) is 4.68 Å². The lowest BCUT2D eigenvalue weighted by molar-refractivity contribution is 0.0909. The lowest BCUT2D eigenvalue weighted by Crippen LogP contribution is -2.29. The van der Waals surface area contributed by atoms with E-state index in [0.29, 0.717) is 24.1 Å². The van der Waals surface area contributed by atoms with Gasteiger partial charge in [-0.3, -0.25) is 9.59 Å². The van der Waals surface area contributed by atoms with Crippen LogP contribution in [0.3, 0.4) is 0 Å². The SMILES string of the molecule is CC1(C)CC(=O)c2c(Cc3ccccc3)nn(-c3ccc(C(N)=O)c(N[C@H]4CC[C@H](O)CC4)c3)c2C1. The third-order valence-corrected chi connectivity index (χ3v) is 7.40. The van der Waals surface area contributed by atoms with Crippen molar-refractivity contribution in [2.24, 2.45) is 11.1 Å². The zero-order chi connectivity index (χ0) is 25.4. The second-order valence-electron chi connectivity index (χ2n) is 11.0. The number of benzene rings is 2. The third kappa shape index (κ3) is 4.93. The van der Waals surface area contributed by atoms with Gasteiger partial charge in [0.15, 0.2) is 5.78 Å². The number of fused-ring (bicyclic) bond motifs is 1. The van der Waals surface area contributed by atoms with Crippen LogP contribution in [0.15, 0.2) is 48.5 Å². The summed E-state index contributed by atoms with van der Waals surface area (Å²) >= 11 is 0. The smallest absolute Gasteiger partial charge is 0.250 e. The lowest BCUT2D eigenvalue weighted by atomic mass is 9.75. The van der Waals surface area contributed by atoms with E-state index in [4.69, 9.17) is 10.8 Å². The Morgan fingerprint density at radius 3 is 2.53 bits per heavy atom. The third-order valence-electron chi connectivity index (χ3n) is 7.40. The van der Waals surface area contributed by atoms with E-state index in [1.165, 1.54) is 0 Å². The lowest BCUT2D eigenvalue weighted by Gasteiger charge is -2.29. The topological polar surface area (TPSA) is 110 Å². The Morgan fingerprint density at radius 1 is 1.11 bits per heavy atom. The Bertz CT molecular complexity index is 1290. The van der Waals surface area contributed by atoms with Crippen LogP contribution in [0.5, 0.6) is 0 Å². The first-order valence-corrected chi connectivity index (χ1v) is 12.8. The Kier molecular flexibility index (Phi) is 6.43. The molecule has 2 aliphatic carbocycles. The minimum atomic E-state index is -0.497. The number of hydrogen-bond acceptors (Lipinski definition) is 5. The molecule has 7 nitrogen and oxygen atoms in total. The van der Waals surface area contributed by atoms with E-state index < -0.39 is 5.91 Å². The fraction of sp³-hybridized carbons (Fsp3) is 0.414. The number of carbonyl (C=O) groups excluding carboxylic acids is 2. The average Bonchev–Trinajstić information content (AvgIpc) is 3.18. The number of nitrogens with one attached hydrogen (secondary N) is 1. The summed E-state index contributed by atoms with van der Waals surface area (Å²) in [6.07, 6.45) is 4.66. The van der Waals surface area contributed by atoms with Crippen molar-refractivity contribution in [2.75, 3.05) is 5.32 Å². The van der Waals surface area contributed by atoms with Crippen molar-refractivity contribution in [2.45, 2.75) is 70.9 Å². The first kappa shape index (κ1) is 24.3. The van der Waals surface area contributed by atoms with Gasteiger partial charge >= 0.3 is 0 Å². The summed E-state index contributed by atoms with van der Waals surface area (Å²) in [7, 11) is 0. The van der Waals surface area contributed by atoms with Crippen molar-refractivity contribution in [3.05, 3.63) is 76.6 Å². The molecule has 2 aliphatic rings. The molecule has 1 amide bonds. The summed E-state index contributed by atoms with van der Waals surface area (Å²) in [6, 6.07) is 15.7. The van der Waals surface area contributed by atoms with Gasteiger partial charge in [0, 0.05) is 24.6 Å². The predicted molar refractivity (Wildman–Crippen MR) is 140 cm³/mol. The normalized spacial score (nSPS) is 21.1. The molecule has 3 aromatic rings. The number of amides is 1. The molecule has 2 aromatic carbocycles. The van der Waals surface area contributed by atoms with E-state index in [1.54, 1.807) is 6.07 Å². The van der Waals surface area contributed by atoms with E-state index >= 15 is 0 Å². The van der Waals surface area contributed by atoms with Crippen molar-refractivity contribution in [3.63, 3.8) is 0 Å². The van der Waals surface area contributed by atoms with Crippen molar-refractivity contribution in [1.82, 2.24) is 9.78 Å². The van der Waals surface area contributed by atoms with Gasteiger partial charge in [-0.1, -0.05) is 44.2 Å². The minimum absolute atomic E-state index is 0.131. The standard InChI is InChI=1S/C29H34N4O3/c1-29(2)16-25-27(26(35)17-29)24(14-18-6-4-3-5-7-18)32-33(25)20-10-13-22(28(30)36)23(15-20)31-19-8-11-21(34)12-9-19/h3-7,10,13,15,19,21,31,34H,8-9,11-12,14,16-17H2,1-2H3,(H2,30,36)/t19-,21-. The van der Waals surface area contributed by atoms with Gasteiger partial charge < -0.3 is 16.2 Å². The molecular formula is C29H34N4O3. The molecule has 188 valence electrons. The van der Waals surface area contributed by atoms with Crippen LogP contribution in [0.1, 0.15) is 83.6 Å². The number of primary amides is 1. The monoisotopic (exact) mass is 486 g/mol. The van der Waals surface area contributed by atoms with Crippen LogP contribution >= 0.6 is 0 Å². The van der Waals surface area contributed by atoms with Crippen LogP contribution < -0.4 is 11.1 Å². The molecule has 0 bridgehead atoms. The Hall–Kier alpha value is -3.45. The van der Waals surface area contributed by atoms with Crippen LogP contribution in [0, 0.1) is 5.41 Å². The van der Waals surface area contributed by atoms with Crippen molar-refractivity contribution in [1.29, 1.82) is 0 Å². The Morgan fingerprint density at radius 2 is 1.83 bits per heavy atom. The number of Topliss-reactive ketones (excluding diaryl/α,β-unsaturated/α-hetero) is 1. The fourth-order valence-corrected chi connectivity index (χ4v) is 5.59. The van der Waals surface area contributed by atoms with Gasteiger partial charge in [-0.05, 0) is 61.3 Å². The summed E-state index contributed by atoms with van der Waals surface area (Å²) in [4.78, 5) is 25.5. The summed E-state index contributed by atoms with van der Waals surface area (Å²) < 4.78 is 1.88. The molecule has 0 saturated heterocycles. The quantitative estimate of drug-likeness (QED) is 0.477. The van der Waals surface area contributed by atoms with Crippen molar-refractivity contribution < 1.29 is 14.7 Å². The van der Waals surface area contributed by atoms with Crippen LogP contribution in [-0.2, 0) is 12.8 Å². The number of ketones is 1. The highest BCUT2D eigenvalue weighted by Gasteiger charge is 2.36. The van der Waals surface area contributed by atoms with Crippen LogP contribution in [-0.4, -0.2) is 38.7 Å². The second kappa shape index (κ2) is 9.54. The molecule has 0 atom stereocenters. The van der Waals surface area contributed by atoms with Crippen LogP contribution in [0.4, 0.5) is 5.69 Å². The number of nitrogens with two attached hydrogens (primary N) is 1. The molecular weight excluding hydrogens is 452 g/mol. The van der Waals surface area contributed by atoms with Gasteiger partial charge in [0.2, 0.25) is 0 Å².